The molecule has 1 aromatic carbocycles. The Balaban J connectivity index is 0.00000162. The number of halogens is 2. The molecule has 0 unspecified atom stereocenters. The Hall–Kier alpha value is -0.780. The molecule has 0 aliphatic carbocycles. The molecule has 1 heterocycles. The van der Waals surface area contributed by atoms with Crippen molar-refractivity contribution in [3.8, 4) is 0 Å². The third-order valence-corrected chi connectivity index (χ3v) is 2.66. The molecule has 3 nitrogen and oxygen atoms in total. The van der Waals surface area contributed by atoms with Crippen LogP contribution in [0, 0.1) is 0 Å². The van der Waals surface area contributed by atoms with Crippen LogP contribution in [0.15, 0.2) is 47.1 Å². The van der Waals surface area contributed by atoms with E-state index < -0.39 is 0 Å². The molecule has 0 spiro atoms. The van der Waals surface area contributed by atoms with Crippen molar-refractivity contribution in [2.75, 3.05) is 19.0 Å². The van der Waals surface area contributed by atoms with E-state index >= 15 is 0 Å². The normalized spacial score (nSPS) is 9.37. The van der Waals surface area contributed by atoms with Gasteiger partial charge in [-0.15, -0.1) is 34.0 Å². The number of rotatable bonds is 5. The SMILES string of the molecule is Br.Br.CN(C)c1ccc(CNCc2ccco2)cc1. The topological polar surface area (TPSA) is 28.4 Å². The van der Waals surface area contributed by atoms with Crippen molar-refractivity contribution in [2.45, 2.75) is 13.1 Å². The molecule has 0 atom stereocenters. The van der Waals surface area contributed by atoms with Gasteiger partial charge in [0, 0.05) is 26.3 Å². The smallest absolute Gasteiger partial charge is 0.117 e. The van der Waals surface area contributed by atoms with Gasteiger partial charge >= 0.3 is 0 Å². The van der Waals surface area contributed by atoms with Crippen LogP contribution in [0.3, 0.4) is 0 Å². The summed E-state index contributed by atoms with van der Waals surface area (Å²) >= 11 is 0. The number of hydrogen-bond donors (Lipinski definition) is 1. The van der Waals surface area contributed by atoms with E-state index in [4.69, 9.17) is 4.42 Å². The molecule has 0 aliphatic rings. The summed E-state index contributed by atoms with van der Waals surface area (Å²) < 4.78 is 5.25. The second-order valence-electron chi connectivity index (χ2n) is 4.24. The zero-order valence-electron chi connectivity index (χ0n) is 11.1. The Morgan fingerprint density at radius 1 is 1.00 bits per heavy atom. The highest BCUT2D eigenvalue weighted by atomic mass is 79.9. The quantitative estimate of drug-likeness (QED) is 0.840. The fourth-order valence-corrected chi connectivity index (χ4v) is 1.66. The van der Waals surface area contributed by atoms with Crippen molar-refractivity contribution in [3.05, 3.63) is 54.0 Å². The van der Waals surface area contributed by atoms with Crippen LogP contribution in [0.25, 0.3) is 0 Å². The second kappa shape index (κ2) is 9.18. The summed E-state index contributed by atoms with van der Waals surface area (Å²) in [5.41, 5.74) is 2.50. The summed E-state index contributed by atoms with van der Waals surface area (Å²) in [5.74, 6) is 0.968. The average molecular weight is 392 g/mol. The first-order valence-corrected chi connectivity index (χ1v) is 5.75. The van der Waals surface area contributed by atoms with E-state index in [1.54, 1.807) is 6.26 Å². The van der Waals surface area contributed by atoms with Crippen LogP contribution in [0.4, 0.5) is 5.69 Å². The Morgan fingerprint density at radius 3 is 2.21 bits per heavy atom. The van der Waals surface area contributed by atoms with Crippen LogP contribution < -0.4 is 10.2 Å². The minimum absolute atomic E-state index is 0. The summed E-state index contributed by atoms with van der Waals surface area (Å²) in [6.45, 7) is 1.62. The molecule has 1 N–H and O–H groups in total. The zero-order chi connectivity index (χ0) is 12.1. The summed E-state index contributed by atoms with van der Waals surface area (Å²) in [6, 6.07) is 12.4. The summed E-state index contributed by atoms with van der Waals surface area (Å²) in [6.07, 6.45) is 1.70. The number of nitrogens with one attached hydrogen (secondary N) is 1. The molecule has 2 aromatic rings. The van der Waals surface area contributed by atoms with Gasteiger partial charge in [0.2, 0.25) is 0 Å². The van der Waals surface area contributed by atoms with Crippen LogP contribution in [-0.2, 0) is 13.1 Å². The first-order chi connectivity index (χ1) is 8.25. The highest BCUT2D eigenvalue weighted by molar-refractivity contribution is 8.93. The van der Waals surface area contributed by atoms with Gasteiger partial charge in [-0.05, 0) is 29.8 Å². The highest BCUT2D eigenvalue weighted by Crippen LogP contribution is 2.12. The molecule has 5 heteroatoms. The molecule has 1 aromatic heterocycles. The first kappa shape index (κ1) is 18.2. The van der Waals surface area contributed by atoms with Crippen molar-refractivity contribution >= 4 is 39.7 Å². The summed E-state index contributed by atoms with van der Waals surface area (Å²) in [4.78, 5) is 2.10. The van der Waals surface area contributed by atoms with E-state index in [2.05, 4.69) is 34.5 Å². The maximum Gasteiger partial charge on any atom is 0.117 e. The molecule has 0 bridgehead atoms. The van der Waals surface area contributed by atoms with E-state index in [-0.39, 0.29) is 34.0 Å². The molecule has 0 aliphatic heterocycles. The molecule has 0 fully saturated rings. The number of hydrogen-bond acceptors (Lipinski definition) is 3. The lowest BCUT2D eigenvalue weighted by Crippen LogP contribution is -2.12. The van der Waals surface area contributed by atoms with Gasteiger partial charge in [-0.25, -0.2) is 0 Å². The van der Waals surface area contributed by atoms with Gasteiger partial charge in [0.15, 0.2) is 0 Å². The predicted octanol–water partition coefficient (Wildman–Crippen LogP) is 3.79. The standard InChI is InChI=1S/C14H18N2O.2BrH/c1-16(2)13-7-5-12(6-8-13)10-15-11-14-4-3-9-17-14;;/h3-9,15H,10-11H2,1-2H3;2*1H. The molecule has 2 rings (SSSR count). The van der Waals surface area contributed by atoms with E-state index in [9.17, 15) is 0 Å². The van der Waals surface area contributed by atoms with Gasteiger partial charge in [0.05, 0.1) is 12.8 Å². The van der Waals surface area contributed by atoms with Crippen LogP contribution >= 0.6 is 34.0 Å². The van der Waals surface area contributed by atoms with Gasteiger partial charge in [-0.2, -0.15) is 0 Å². The van der Waals surface area contributed by atoms with Crippen LogP contribution in [0.1, 0.15) is 11.3 Å². The first-order valence-electron chi connectivity index (χ1n) is 5.75. The molecular formula is C14H20Br2N2O. The van der Waals surface area contributed by atoms with Gasteiger partial charge in [-0.3, -0.25) is 0 Å². The highest BCUT2D eigenvalue weighted by Gasteiger charge is 1.97. The number of furan rings is 1. The fraction of sp³-hybridized carbons (Fsp3) is 0.286. The van der Waals surface area contributed by atoms with Crippen LogP contribution in [0.2, 0.25) is 0 Å². The summed E-state index contributed by atoms with van der Waals surface area (Å²) in [7, 11) is 4.09. The maximum absolute atomic E-state index is 5.25. The Bertz CT molecular complexity index is 441. The zero-order valence-corrected chi connectivity index (χ0v) is 14.6. The van der Waals surface area contributed by atoms with Gasteiger partial charge in [0.25, 0.3) is 0 Å². The van der Waals surface area contributed by atoms with E-state index in [0.717, 1.165) is 18.8 Å². The minimum Gasteiger partial charge on any atom is -0.468 e. The lowest BCUT2D eigenvalue weighted by molar-refractivity contribution is 0.483. The fourth-order valence-electron chi connectivity index (χ4n) is 1.66. The largest absolute Gasteiger partial charge is 0.468 e. The molecule has 0 radical (unpaired) electrons. The summed E-state index contributed by atoms with van der Waals surface area (Å²) in [5, 5.41) is 3.35. The monoisotopic (exact) mass is 390 g/mol. The lowest BCUT2D eigenvalue weighted by Gasteiger charge is -2.12. The molecular weight excluding hydrogens is 372 g/mol. The molecule has 0 saturated heterocycles. The third kappa shape index (κ3) is 5.80. The second-order valence-corrected chi connectivity index (χ2v) is 4.24. The third-order valence-electron chi connectivity index (χ3n) is 2.66. The number of anilines is 1. The van der Waals surface area contributed by atoms with Gasteiger partial charge < -0.3 is 14.6 Å². The lowest BCUT2D eigenvalue weighted by atomic mass is 10.2. The molecule has 19 heavy (non-hydrogen) atoms. The molecule has 106 valence electrons. The van der Waals surface area contributed by atoms with Gasteiger partial charge in [-0.1, -0.05) is 12.1 Å². The number of nitrogens with zero attached hydrogens (tertiary/aromatic N) is 1. The average Bonchev–Trinajstić information content (AvgIpc) is 2.83. The maximum atomic E-state index is 5.25. The van der Waals surface area contributed by atoms with Crippen molar-refractivity contribution in [3.63, 3.8) is 0 Å². The Labute approximate surface area is 135 Å². The Kier molecular flexibility index (Phi) is 8.80. The van der Waals surface area contributed by atoms with E-state index in [1.807, 2.05) is 26.2 Å². The molecule has 0 saturated carbocycles. The van der Waals surface area contributed by atoms with Crippen molar-refractivity contribution in [1.82, 2.24) is 5.32 Å². The van der Waals surface area contributed by atoms with Crippen molar-refractivity contribution < 1.29 is 4.42 Å². The van der Waals surface area contributed by atoms with Crippen molar-refractivity contribution in [1.29, 1.82) is 0 Å². The van der Waals surface area contributed by atoms with Crippen molar-refractivity contribution in [2.24, 2.45) is 0 Å². The predicted molar refractivity (Wildman–Crippen MR) is 90.7 cm³/mol. The van der Waals surface area contributed by atoms with Gasteiger partial charge in [0.1, 0.15) is 5.76 Å². The van der Waals surface area contributed by atoms with E-state index in [0.29, 0.717) is 0 Å². The minimum atomic E-state index is 0. The van der Waals surface area contributed by atoms with Crippen LogP contribution in [0.5, 0.6) is 0 Å². The van der Waals surface area contributed by atoms with Crippen LogP contribution in [-0.4, -0.2) is 14.1 Å². The van der Waals surface area contributed by atoms with E-state index in [1.165, 1.54) is 11.3 Å². The number of benzene rings is 1. The molecule has 0 amide bonds. The Morgan fingerprint density at radius 2 is 1.68 bits per heavy atom.